The van der Waals surface area contributed by atoms with Crippen molar-refractivity contribution in [3.63, 3.8) is 0 Å². The maximum atomic E-state index is 11.8. The third kappa shape index (κ3) is 3.93. The van der Waals surface area contributed by atoms with Crippen LogP contribution in [-0.2, 0) is 0 Å². The summed E-state index contributed by atoms with van der Waals surface area (Å²) in [6.45, 7) is 2.52. The summed E-state index contributed by atoms with van der Waals surface area (Å²) < 4.78 is 16.1. The molecule has 1 saturated heterocycles. The Kier molecular flexibility index (Phi) is 5.54. The summed E-state index contributed by atoms with van der Waals surface area (Å²) in [5.41, 5.74) is 0. The van der Waals surface area contributed by atoms with Crippen molar-refractivity contribution in [2.45, 2.75) is 12.8 Å². The zero-order valence-corrected chi connectivity index (χ0v) is 12.6. The van der Waals surface area contributed by atoms with E-state index >= 15 is 0 Å². The molecule has 0 spiro atoms. The lowest BCUT2D eigenvalue weighted by molar-refractivity contribution is 0.205. The number of para-hydroxylation sites is 1. The third-order valence-electron chi connectivity index (χ3n) is 3.40. The first-order valence-electron chi connectivity index (χ1n) is 7.13. The summed E-state index contributed by atoms with van der Waals surface area (Å²) in [5.74, 6) is 1.79. The van der Waals surface area contributed by atoms with E-state index in [0.29, 0.717) is 30.4 Å². The fourth-order valence-electron chi connectivity index (χ4n) is 2.32. The molecular formula is C15H22N2O4. The van der Waals surface area contributed by atoms with Crippen molar-refractivity contribution in [3.8, 4) is 17.2 Å². The maximum Gasteiger partial charge on any atom is 0.317 e. The molecule has 1 aliphatic rings. The summed E-state index contributed by atoms with van der Waals surface area (Å²) >= 11 is 0. The molecule has 2 amide bonds. The van der Waals surface area contributed by atoms with E-state index < -0.39 is 0 Å². The predicted octanol–water partition coefficient (Wildman–Crippen LogP) is 1.89. The normalized spacial score (nSPS) is 13.9. The molecule has 1 fully saturated rings. The van der Waals surface area contributed by atoms with Crippen LogP contribution in [0.4, 0.5) is 4.79 Å². The number of rotatable bonds is 6. The van der Waals surface area contributed by atoms with Gasteiger partial charge in [-0.3, -0.25) is 0 Å². The van der Waals surface area contributed by atoms with E-state index in [-0.39, 0.29) is 6.03 Å². The molecule has 1 aliphatic heterocycles. The molecule has 2 rings (SSSR count). The standard InChI is InChI=1S/C15H22N2O4/c1-19-12-6-5-7-13(14(12)20-2)21-11-8-16-15(18)17-9-3-4-10-17/h5-7H,3-4,8-11H2,1-2H3,(H,16,18). The van der Waals surface area contributed by atoms with Gasteiger partial charge in [-0.1, -0.05) is 6.07 Å². The second-order valence-corrected chi connectivity index (χ2v) is 4.77. The van der Waals surface area contributed by atoms with Gasteiger partial charge in [-0.05, 0) is 25.0 Å². The van der Waals surface area contributed by atoms with Crippen LogP contribution in [0.25, 0.3) is 0 Å². The van der Waals surface area contributed by atoms with Gasteiger partial charge in [0.15, 0.2) is 11.5 Å². The van der Waals surface area contributed by atoms with E-state index in [9.17, 15) is 4.79 Å². The second kappa shape index (κ2) is 7.61. The zero-order chi connectivity index (χ0) is 15.1. The molecule has 0 bridgehead atoms. The minimum Gasteiger partial charge on any atom is -0.493 e. The number of nitrogens with one attached hydrogen (secondary N) is 1. The number of hydrogen-bond acceptors (Lipinski definition) is 4. The average molecular weight is 294 g/mol. The Morgan fingerprint density at radius 1 is 1.19 bits per heavy atom. The summed E-state index contributed by atoms with van der Waals surface area (Å²) in [6, 6.07) is 5.43. The lowest BCUT2D eigenvalue weighted by Crippen LogP contribution is -2.39. The van der Waals surface area contributed by atoms with Gasteiger partial charge in [0.25, 0.3) is 0 Å². The van der Waals surface area contributed by atoms with Crippen LogP contribution in [0.2, 0.25) is 0 Å². The fraction of sp³-hybridized carbons (Fsp3) is 0.533. The lowest BCUT2D eigenvalue weighted by atomic mass is 10.3. The summed E-state index contributed by atoms with van der Waals surface area (Å²) in [7, 11) is 3.15. The van der Waals surface area contributed by atoms with Crippen molar-refractivity contribution in [1.82, 2.24) is 10.2 Å². The van der Waals surface area contributed by atoms with Crippen molar-refractivity contribution in [2.24, 2.45) is 0 Å². The van der Waals surface area contributed by atoms with Crippen molar-refractivity contribution < 1.29 is 19.0 Å². The second-order valence-electron chi connectivity index (χ2n) is 4.77. The molecule has 6 nitrogen and oxygen atoms in total. The number of amides is 2. The Bertz CT molecular complexity index is 473. The van der Waals surface area contributed by atoms with E-state index in [0.717, 1.165) is 25.9 Å². The largest absolute Gasteiger partial charge is 0.493 e. The van der Waals surface area contributed by atoms with Gasteiger partial charge in [-0.2, -0.15) is 0 Å². The first-order chi connectivity index (χ1) is 10.3. The topological polar surface area (TPSA) is 60.0 Å². The van der Waals surface area contributed by atoms with Crippen molar-refractivity contribution >= 4 is 6.03 Å². The van der Waals surface area contributed by atoms with Gasteiger partial charge in [0.1, 0.15) is 6.61 Å². The monoisotopic (exact) mass is 294 g/mol. The van der Waals surface area contributed by atoms with Crippen LogP contribution < -0.4 is 19.5 Å². The Morgan fingerprint density at radius 3 is 2.57 bits per heavy atom. The van der Waals surface area contributed by atoms with Crippen LogP contribution >= 0.6 is 0 Å². The Labute approximate surface area is 125 Å². The summed E-state index contributed by atoms with van der Waals surface area (Å²) in [5, 5.41) is 2.85. The van der Waals surface area contributed by atoms with Crippen LogP contribution in [-0.4, -0.2) is 51.4 Å². The van der Waals surface area contributed by atoms with Crippen molar-refractivity contribution in [1.29, 1.82) is 0 Å². The average Bonchev–Trinajstić information content (AvgIpc) is 3.05. The Morgan fingerprint density at radius 2 is 1.90 bits per heavy atom. The number of methoxy groups -OCH3 is 2. The SMILES string of the molecule is COc1cccc(OCCNC(=O)N2CCCC2)c1OC. The van der Waals surface area contributed by atoms with Gasteiger partial charge < -0.3 is 24.4 Å². The molecule has 0 aliphatic carbocycles. The molecule has 1 aromatic carbocycles. The lowest BCUT2D eigenvalue weighted by Gasteiger charge is -2.17. The number of carbonyl (C=O) groups excluding carboxylic acids is 1. The fourth-order valence-corrected chi connectivity index (χ4v) is 2.32. The van der Waals surface area contributed by atoms with Gasteiger partial charge in [0, 0.05) is 13.1 Å². The van der Waals surface area contributed by atoms with Crippen molar-refractivity contribution in [3.05, 3.63) is 18.2 Å². The molecule has 1 N–H and O–H groups in total. The molecule has 0 atom stereocenters. The molecule has 1 aromatic rings. The Balaban J connectivity index is 1.79. The number of nitrogens with zero attached hydrogens (tertiary/aromatic N) is 1. The van der Waals surface area contributed by atoms with Crippen molar-refractivity contribution in [2.75, 3.05) is 40.5 Å². The maximum absolute atomic E-state index is 11.8. The highest BCUT2D eigenvalue weighted by atomic mass is 16.5. The molecule has 0 unspecified atom stereocenters. The molecular weight excluding hydrogens is 272 g/mol. The third-order valence-corrected chi connectivity index (χ3v) is 3.40. The molecule has 0 saturated carbocycles. The molecule has 116 valence electrons. The quantitative estimate of drug-likeness (QED) is 0.814. The zero-order valence-electron chi connectivity index (χ0n) is 12.6. The summed E-state index contributed by atoms with van der Waals surface area (Å²) in [4.78, 5) is 13.6. The number of hydrogen-bond donors (Lipinski definition) is 1. The first-order valence-corrected chi connectivity index (χ1v) is 7.13. The van der Waals surface area contributed by atoms with Crippen LogP contribution in [0.1, 0.15) is 12.8 Å². The highest BCUT2D eigenvalue weighted by Crippen LogP contribution is 2.36. The van der Waals surface area contributed by atoms with E-state index in [1.165, 1.54) is 0 Å². The smallest absolute Gasteiger partial charge is 0.317 e. The number of ether oxygens (including phenoxy) is 3. The van der Waals surface area contributed by atoms with E-state index in [2.05, 4.69) is 5.32 Å². The van der Waals surface area contributed by atoms with Crippen LogP contribution in [0.15, 0.2) is 18.2 Å². The van der Waals surface area contributed by atoms with E-state index in [4.69, 9.17) is 14.2 Å². The number of benzene rings is 1. The van der Waals surface area contributed by atoms with Gasteiger partial charge in [-0.25, -0.2) is 4.79 Å². The minimum absolute atomic E-state index is 0.0197. The molecule has 1 heterocycles. The number of likely N-dealkylation sites (tertiary alicyclic amines) is 1. The predicted molar refractivity (Wildman–Crippen MR) is 79.2 cm³/mol. The van der Waals surface area contributed by atoms with Gasteiger partial charge >= 0.3 is 6.03 Å². The van der Waals surface area contributed by atoms with E-state index in [1.807, 2.05) is 17.0 Å². The van der Waals surface area contributed by atoms with Gasteiger partial charge in [-0.15, -0.1) is 0 Å². The summed E-state index contributed by atoms with van der Waals surface area (Å²) in [6.07, 6.45) is 2.18. The molecule has 6 heteroatoms. The molecule has 0 radical (unpaired) electrons. The molecule has 21 heavy (non-hydrogen) atoms. The van der Waals surface area contributed by atoms with E-state index in [1.54, 1.807) is 20.3 Å². The Hall–Kier alpha value is -2.11. The van der Waals surface area contributed by atoms with Gasteiger partial charge in [0.05, 0.1) is 20.8 Å². The van der Waals surface area contributed by atoms with Crippen LogP contribution in [0.5, 0.6) is 17.2 Å². The highest BCUT2D eigenvalue weighted by Gasteiger charge is 2.17. The highest BCUT2D eigenvalue weighted by molar-refractivity contribution is 5.74. The van der Waals surface area contributed by atoms with Gasteiger partial charge in [0.2, 0.25) is 5.75 Å². The first kappa shape index (κ1) is 15.3. The van der Waals surface area contributed by atoms with Crippen LogP contribution in [0, 0.1) is 0 Å². The minimum atomic E-state index is -0.0197. The van der Waals surface area contributed by atoms with Crippen LogP contribution in [0.3, 0.4) is 0 Å². The number of carbonyl (C=O) groups is 1. The molecule has 0 aromatic heterocycles. The number of urea groups is 1.